The van der Waals surface area contributed by atoms with Gasteiger partial charge in [-0.15, -0.1) is 0 Å². The van der Waals surface area contributed by atoms with Crippen molar-refractivity contribution in [3.8, 4) is 23.0 Å². The number of nitrogens with zero attached hydrogens (tertiary/aromatic N) is 4. The molecule has 0 N–H and O–H groups in total. The molecule has 0 aromatic heterocycles. The summed E-state index contributed by atoms with van der Waals surface area (Å²) in [5, 5.41) is 22.9. The molecule has 0 radical (unpaired) electrons. The Balaban J connectivity index is 1.81. The average Bonchev–Trinajstić information content (AvgIpc) is 3.00. The monoisotopic (exact) mass is 582 g/mol. The Hall–Kier alpha value is -4.91. The number of rotatable bonds is 15. The minimum Gasteiger partial charge on any atom is -0.493 e. The first-order chi connectivity index (χ1) is 20.1. The third-order valence-corrected chi connectivity index (χ3v) is 6.65. The average molecular weight is 583 g/mol. The van der Waals surface area contributed by atoms with E-state index >= 15 is 0 Å². The first-order valence-electron chi connectivity index (χ1n) is 13.0. The number of nitro benzene ring substituents is 2. The minimum absolute atomic E-state index is 0.174. The fraction of sp³-hybridized carbons (Fsp3) is 0.345. The fourth-order valence-electron chi connectivity index (χ4n) is 4.39. The maximum absolute atomic E-state index is 13.7. The summed E-state index contributed by atoms with van der Waals surface area (Å²) in [5.74, 6) is 1.52. The highest BCUT2D eigenvalue weighted by Crippen LogP contribution is 2.33. The number of carbonyl (C=O) groups is 1. The first-order valence-corrected chi connectivity index (χ1v) is 13.0. The molecule has 3 aromatic rings. The number of non-ortho nitro benzene ring substituents is 2. The molecule has 0 fully saturated rings. The minimum atomic E-state index is -0.766. The van der Waals surface area contributed by atoms with E-state index in [2.05, 4.69) is 4.90 Å². The van der Waals surface area contributed by atoms with Crippen molar-refractivity contribution >= 4 is 23.0 Å². The van der Waals surface area contributed by atoms with E-state index in [9.17, 15) is 25.0 Å². The second-order valence-electron chi connectivity index (χ2n) is 9.34. The normalized spacial score (nSPS) is 10.7. The second-order valence-corrected chi connectivity index (χ2v) is 9.34. The molecule has 3 rings (SSSR count). The van der Waals surface area contributed by atoms with Gasteiger partial charge in [0.25, 0.3) is 17.3 Å². The molecule has 0 aliphatic rings. The third-order valence-electron chi connectivity index (χ3n) is 6.65. The van der Waals surface area contributed by atoms with Gasteiger partial charge in [0.1, 0.15) is 0 Å². The molecule has 0 heterocycles. The van der Waals surface area contributed by atoms with Gasteiger partial charge in [-0.1, -0.05) is 6.07 Å². The zero-order valence-corrected chi connectivity index (χ0v) is 24.2. The van der Waals surface area contributed by atoms with Gasteiger partial charge in [-0.25, -0.2) is 0 Å². The van der Waals surface area contributed by atoms with E-state index in [0.29, 0.717) is 41.7 Å². The summed E-state index contributed by atoms with van der Waals surface area (Å²) in [6.45, 7) is 1.59. The Morgan fingerprint density at radius 3 is 1.81 bits per heavy atom. The number of likely N-dealkylation sites (N-methyl/N-ethyl adjacent to an activating group) is 1. The molecule has 0 unspecified atom stereocenters. The predicted molar refractivity (Wildman–Crippen MR) is 156 cm³/mol. The number of carbonyl (C=O) groups excluding carboxylic acids is 1. The molecule has 0 aliphatic heterocycles. The number of benzene rings is 3. The Bertz CT molecular complexity index is 1400. The topological polar surface area (TPSA) is 147 Å². The van der Waals surface area contributed by atoms with Crippen LogP contribution in [0, 0.1) is 20.2 Å². The molecule has 3 aromatic carbocycles. The summed E-state index contributed by atoms with van der Waals surface area (Å²) in [6.07, 6.45) is 1.30. The molecule has 13 heteroatoms. The summed E-state index contributed by atoms with van der Waals surface area (Å²) < 4.78 is 21.4. The lowest BCUT2D eigenvalue weighted by Gasteiger charge is -2.25. The van der Waals surface area contributed by atoms with Gasteiger partial charge in [-0.05, 0) is 56.3 Å². The van der Waals surface area contributed by atoms with Crippen LogP contribution in [0.5, 0.6) is 23.0 Å². The van der Waals surface area contributed by atoms with E-state index < -0.39 is 27.1 Å². The Morgan fingerprint density at radius 1 is 0.714 bits per heavy atom. The van der Waals surface area contributed by atoms with E-state index in [1.807, 2.05) is 25.2 Å². The summed E-state index contributed by atoms with van der Waals surface area (Å²) >= 11 is 0. The third kappa shape index (κ3) is 7.85. The Kier molecular flexibility index (Phi) is 11.0. The zero-order valence-electron chi connectivity index (χ0n) is 24.2. The summed E-state index contributed by atoms with van der Waals surface area (Å²) in [6, 6.07) is 13.6. The van der Waals surface area contributed by atoms with Gasteiger partial charge in [-0.2, -0.15) is 0 Å². The Labute approximate surface area is 243 Å². The van der Waals surface area contributed by atoms with Gasteiger partial charge in [0.2, 0.25) is 0 Å². The van der Waals surface area contributed by atoms with Crippen LogP contribution in [0.25, 0.3) is 0 Å². The molecule has 0 aliphatic carbocycles. The number of nitro groups is 2. The van der Waals surface area contributed by atoms with Crippen LogP contribution in [0.4, 0.5) is 17.1 Å². The molecular formula is C29H34N4O9. The van der Waals surface area contributed by atoms with Gasteiger partial charge in [0.05, 0.1) is 49.9 Å². The van der Waals surface area contributed by atoms with Crippen molar-refractivity contribution < 1.29 is 33.6 Å². The van der Waals surface area contributed by atoms with Crippen LogP contribution >= 0.6 is 0 Å². The molecule has 0 spiro atoms. The van der Waals surface area contributed by atoms with E-state index in [0.717, 1.165) is 36.7 Å². The van der Waals surface area contributed by atoms with E-state index in [-0.39, 0.29) is 12.1 Å². The standard InChI is InChI=1S/C29H34N4O9/c1-30(14-11-20-7-9-25(39-2)27(15-20)41-4)12-6-13-31(22-8-10-26(40-3)28(19-22)42-5)29(34)21-16-23(32(35)36)18-24(17-21)33(37)38/h7-10,15-19H,6,11-14H2,1-5H3. The quantitative estimate of drug-likeness (QED) is 0.182. The molecule has 1 amide bonds. The second kappa shape index (κ2) is 14.6. The van der Waals surface area contributed by atoms with Crippen molar-refractivity contribution in [2.45, 2.75) is 12.8 Å². The van der Waals surface area contributed by atoms with Crippen LogP contribution in [0.1, 0.15) is 22.3 Å². The van der Waals surface area contributed by atoms with Crippen molar-refractivity contribution in [1.82, 2.24) is 4.90 Å². The highest BCUT2D eigenvalue weighted by molar-refractivity contribution is 6.07. The predicted octanol–water partition coefficient (Wildman–Crippen LogP) is 4.75. The Morgan fingerprint density at radius 2 is 1.26 bits per heavy atom. The number of amides is 1. The lowest BCUT2D eigenvalue weighted by atomic mass is 10.1. The van der Waals surface area contributed by atoms with Gasteiger partial charge in [-0.3, -0.25) is 25.0 Å². The molecule has 13 nitrogen and oxygen atoms in total. The van der Waals surface area contributed by atoms with Crippen LogP contribution in [-0.4, -0.2) is 75.8 Å². The van der Waals surface area contributed by atoms with Crippen LogP contribution in [0.15, 0.2) is 54.6 Å². The van der Waals surface area contributed by atoms with Crippen molar-refractivity contribution in [3.63, 3.8) is 0 Å². The lowest BCUT2D eigenvalue weighted by Crippen LogP contribution is -2.34. The summed E-state index contributed by atoms with van der Waals surface area (Å²) in [4.78, 5) is 38.6. The molecule has 42 heavy (non-hydrogen) atoms. The molecular weight excluding hydrogens is 548 g/mol. The largest absolute Gasteiger partial charge is 0.493 e. The summed E-state index contributed by atoms with van der Waals surface area (Å²) in [7, 11) is 8.09. The molecule has 224 valence electrons. The van der Waals surface area contributed by atoms with Crippen molar-refractivity contribution in [1.29, 1.82) is 0 Å². The van der Waals surface area contributed by atoms with E-state index in [4.69, 9.17) is 18.9 Å². The highest BCUT2D eigenvalue weighted by atomic mass is 16.6. The van der Waals surface area contributed by atoms with Gasteiger partial charge in [0.15, 0.2) is 23.0 Å². The SMILES string of the molecule is COc1ccc(CCN(C)CCCN(C(=O)c2cc([N+](=O)[O-])cc([N+](=O)[O-])c2)c2ccc(OC)c(OC)c2)cc1OC. The van der Waals surface area contributed by atoms with Crippen molar-refractivity contribution in [2.24, 2.45) is 0 Å². The number of methoxy groups -OCH3 is 4. The van der Waals surface area contributed by atoms with Crippen LogP contribution in [-0.2, 0) is 6.42 Å². The van der Waals surface area contributed by atoms with Crippen molar-refractivity contribution in [3.05, 3.63) is 86.0 Å². The number of hydrogen-bond acceptors (Lipinski definition) is 10. The van der Waals surface area contributed by atoms with Gasteiger partial charge >= 0.3 is 0 Å². The van der Waals surface area contributed by atoms with Crippen LogP contribution in [0.3, 0.4) is 0 Å². The first kappa shape index (κ1) is 31.6. The van der Waals surface area contributed by atoms with Crippen LogP contribution in [0.2, 0.25) is 0 Å². The molecule has 0 saturated carbocycles. The molecule has 0 atom stereocenters. The van der Waals surface area contributed by atoms with Gasteiger partial charge in [0, 0.05) is 37.0 Å². The maximum atomic E-state index is 13.7. The lowest BCUT2D eigenvalue weighted by molar-refractivity contribution is -0.394. The van der Waals surface area contributed by atoms with E-state index in [1.54, 1.807) is 32.4 Å². The summed E-state index contributed by atoms with van der Waals surface area (Å²) in [5.41, 5.74) is 0.255. The molecule has 0 saturated heterocycles. The smallest absolute Gasteiger partial charge is 0.277 e. The number of anilines is 1. The number of hydrogen-bond donors (Lipinski definition) is 0. The number of ether oxygens (including phenoxy) is 4. The molecule has 0 bridgehead atoms. The zero-order chi connectivity index (χ0) is 30.8. The highest BCUT2D eigenvalue weighted by Gasteiger charge is 2.25. The van der Waals surface area contributed by atoms with Crippen molar-refractivity contribution in [2.75, 3.05) is 60.0 Å². The maximum Gasteiger partial charge on any atom is 0.277 e. The van der Waals surface area contributed by atoms with Crippen LogP contribution < -0.4 is 23.8 Å². The van der Waals surface area contributed by atoms with Gasteiger partial charge < -0.3 is 28.7 Å². The fourth-order valence-corrected chi connectivity index (χ4v) is 4.39. The van der Waals surface area contributed by atoms with E-state index in [1.165, 1.54) is 19.1 Å².